The molecule has 0 bridgehead atoms. The highest BCUT2D eigenvalue weighted by atomic mass is 16.5. The zero-order chi connectivity index (χ0) is 31.3. The van der Waals surface area contributed by atoms with Crippen LogP contribution >= 0.6 is 0 Å². The lowest BCUT2D eigenvalue weighted by molar-refractivity contribution is 0.0303. The molecule has 2 heteroatoms. The molecule has 0 aliphatic rings. The second kappa shape index (κ2) is 36.8. The van der Waals surface area contributed by atoms with Crippen molar-refractivity contribution >= 4 is 0 Å². The number of ether oxygens (including phenoxy) is 1. The first-order chi connectivity index (χ1) is 21.2. The number of rotatable bonds is 33. The standard InChI is InChI=1S/C41H75NO/c1-5-7-9-11-13-15-17-19-21-23-25-27-29-31-33-35-37-41(43-40-39-42(3)4)38-36-34-32-30-28-26-24-22-20-18-16-14-12-10-8-6-2/h7,9,13-16,19-22,41H,5-6,8,10-12,17-18,23-40H2,1-4H3. The van der Waals surface area contributed by atoms with Crippen LogP contribution in [-0.2, 0) is 4.74 Å². The molecular weight excluding hydrogens is 522 g/mol. The van der Waals surface area contributed by atoms with Gasteiger partial charge in [0.15, 0.2) is 0 Å². The van der Waals surface area contributed by atoms with Gasteiger partial charge in [0, 0.05) is 6.54 Å². The first-order valence-electron chi connectivity index (χ1n) is 18.7. The zero-order valence-corrected chi connectivity index (χ0v) is 29.6. The summed E-state index contributed by atoms with van der Waals surface area (Å²) in [6.07, 6.45) is 54.6. The van der Waals surface area contributed by atoms with Gasteiger partial charge >= 0.3 is 0 Å². The Labute approximate surface area is 271 Å². The summed E-state index contributed by atoms with van der Waals surface area (Å²) in [6, 6.07) is 0. The average Bonchev–Trinajstić information content (AvgIpc) is 3.00. The van der Waals surface area contributed by atoms with Crippen molar-refractivity contribution in [1.29, 1.82) is 0 Å². The second-order valence-corrected chi connectivity index (χ2v) is 12.7. The molecule has 0 aliphatic heterocycles. The van der Waals surface area contributed by atoms with E-state index in [1.807, 2.05) is 0 Å². The number of unbranched alkanes of at least 4 members (excludes halogenated alkanes) is 15. The number of hydrogen-bond acceptors (Lipinski definition) is 2. The lowest BCUT2D eigenvalue weighted by Crippen LogP contribution is -2.22. The van der Waals surface area contributed by atoms with Gasteiger partial charge in [0.1, 0.15) is 0 Å². The van der Waals surface area contributed by atoms with Gasteiger partial charge in [-0.1, -0.05) is 152 Å². The Morgan fingerprint density at radius 1 is 0.465 bits per heavy atom. The monoisotopic (exact) mass is 598 g/mol. The fraction of sp³-hybridized carbons (Fsp3) is 0.756. The quantitative estimate of drug-likeness (QED) is 0.0551. The predicted octanol–water partition coefficient (Wildman–Crippen LogP) is 13.1. The minimum atomic E-state index is 0.465. The molecule has 0 rings (SSSR count). The van der Waals surface area contributed by atoms with E-state index in [0.717, 1.165) is 38.8 Å². The first kappa shape index (κ1) is 41.6. The molecular formula is C41H75NO. The molecule has 250 valence electrons. The SMILES string of the molecule is CCC=CCC=CCC=CCCCCCCCCC(CCCCCCCCC=CCC=CCCCCC)OCCN(C)C. The van der Waals surface area contributed by atoms with Crippen molar-refractivity contribution in [3.05, 3.63) is 60.8 Å². The molecule has 0 aromatic heterocycles. The Balaban J connectivity index is 3.79. The van der Waals surface area contributed by atoms with E-state index in [9.17, 15) is 0 Å². The summed E-state index contributed by atoms with van der Waals surface area (Å²) >= 11 is 0. The molecule has 0 saturated heterocycles. The molecule has 1 unspecified atom stereocenters. The highest BCUT2D eigenvalue weighted by Gasteiger charge is 2.09. The van der Waals surface area contributed by atoms with E-state index in [4.69, 9.17) is 4.74 Å². The normalized spacial score (nSPS) is 13.4. The van der Waals surface area contributed by atoms with Gasteiger partial charge in [0.2, 0.25) is 0 Å². The summed E-state index contributed by atoms with van der Waals surface area (Å²) < 4.78 is 6.33. The summed E-state index contributed by atoms with van der Waals surface area (Å²) in [5.41, 5.74) is 0. The summed E-state index contributed by atoms with van der Waals surface area (Å²) in [7, 11) is 4.28. The van der Waals surface area contributed by atoms with Crippen molar-refractivity contribution in [3.63, 3.8) is 0 Å². The Hall–Kier alpha value is -1.38. The molecule has 0 fully saturated rings. The topological polar surface area (TPSA) is 12.5 Å². The van der Waals surface area contributed by atoms with Gasteiger partial charge in [-0.2, -0.15) is 0 Å². The molecule has 0 amide bonds. The lowest BCUT2D eigenvalue weighted by Gasteiger charge is -2.19. The van der Waals surface area contributed by atoms with Gasteiger partial charge in [-0.3, -0.25) is 0 Å². The summed E-state index contributed by atoms with van der Waals surface area (Å²) in [5.74, 6) is 0. The van der Waals surface area contributed by atoms with E-state index in [1.165, 1.54) is 128 Å². The Bertz CT molecular complexity index is 671. The van der Waals surface area contributed by atoms with Gasteiger partial charge < -0.3 is 9.64 Å². The van der Waals surface area contributed by atoms with Gasteiger partial charge in [-0.25, -0.2) is 0 Å². The largest absolute Gasteiger partial charge is 0.377 e. The molecule has 0 N–H and O–H groups in total. The van der Waals surface area contributed by atoms with Crippen LogP contribution in [0.15, 0.2) is 60.8 Å². The summed E-state index contributed by atoms with van der Waals surface area (Å²) in [5, 5.41) is 0. The number of hydrogen-bond donors (Lipinski definition) is 0. The second-order valence-electron chi connectivity index (χ2n) is 12.7. The molecule has 0 aliphatic carbocycles. The molecule has 1 atom stereocenters. The van der Waals surface area contributed by atoms with Crippen LogP contribution < -0.4 is 0 Å². The molecule has 0 aromatic rings. The van der Waals surface area contributed by atoms with E-state index >= 15 is 0 Å². The van der Waals surface area contributed by atoms with Crippen molar-refractivity contribution in [2.75, 3.05) is 27.2 Å². The smallest absolute Gasteiger partial charge is 0.0596 e. The van der Waals surface area contributed by atoms with Gasteiger partial charge in [0.05, 0.1) is 12.7 Å². The Morgan fingerprint density at radius 2 is 0.860 bits per heavy atom. The molecule has 0 aromatic carbocycles. The van der Waals surface area contributed by atoms with Crippen molar-refractivity contribution in [3.8, 4) is 0 Å². The van der Waals surface area contributed by atoms with Crippen LogP contribution in [0.1, 0.15) is 168 Å². The third kappa shape index (κ3) is 36.7. The summed E-state index contributed by atoms with van der Waals surface area (Å²) in [6.45, 7) is 6.36. The molecule has 0 saturated carbocycles. The Kier molecular flexibility index (Phi) is 35.6. The van der Waals surface area contributed by atoms with E-state index < -0.39 is 0 Å². The van der Waals surface area contributed by atoms with Crippen LogP contribution in [0.5, 0.6) is 0 Å². The highest BCUT2D eigenvalue weighted by Crippen LogP contribution is 2.17. The third-order valence-corrected chi connectivity index (χ3v) is 8.05. The average molecular weight is 598 g/mol. The fourth-order valence-electron chi connectivity index (χ4n) is 5.24. The van der Waals surface area contributed by atoms with Crippen molar-refractivity contribution < 1.29 is 4.74 Å². The lowest BCUT2D eigenvalue weighted by atomic mass is 10.0. The number of likely N-dealkylation sites (N-methyl/N-ethyl adjacent to an activating group) is 1. The van der Waals surface area contributed by atoms with Crippen molar-refractivity contribution in [2.24, 2.45) is 0 Å². The van der Waals surface area contributed by atoms with Crippen molar-refractivity contribution in [2.45, 2.75) is 174 Å². The maximum atomic E-state index is 6.33. The third-order valence-electron chi connectivity index (χ3n) is 8.05. The van der Waals surface area contributed by atoms with E-state index in [-0.39, 0.29) is 0 Å². The minimum absolute atomic E-state index is 0.465. The number of nitrogens with zero attached hydrogens (tertiary/aromatic N) is 1. The Morgan fingerprint density at radius 3 is 1.30 bits per heavy atom. The molecule has 0 spiro atoms. The highest BCUT2D eigenvalue weighted by molar-refractivity contribution is 4.97. The van der Waals surface area contributed by atoms with Crippen LogP contribution in [0.2, 0.25) is 0 Å². The van der Waals surface area contributed by atoms with Crippen LogP contribution in [0.25, 0.3) is 0 Å². The van der Waals surface area contributed by atoms with Crippen LogP contribution in [0.4, 0.5) is 0 Å². The van der Waals surface area contributed by atoms with E-state index in [1.54, 1.807) is 0 Å². The molecule has 0 heterocycles. The van der Waals surface area contributed by atoms with Gasteiger partial charge in [-0.05, 0) is 91.1 Å². The maximum absolute atomic E-state index is 6.33. The minimum Gasteiger partial charge on any atom is -0.377 e. The van der Waals surface area contributed by atoms with Gasteiger partial charge in [-0.15, -0.1) is 0 Å². The van der Waals surface area contributed by atoms with Gasteiger partial charge in [0.25, 0.3) is 0 Å². The number of allylic oxidation sites excluding steroid dienone is 10. The predicted molar refractivity (Wildman–Crippen MR) is 196 cm³/mol. The van der Waals surface area contributed by atoms with Crippen molar-refractivity contribution in [1.82, 2.24) is 4.90 Å². The van der Waals surface area contributed by atoms with Crippen LogP contribution in [0, 0.1) is 0 Å². The molecule has 2 nitrogen and oxygen atoms in total. The molecule has 0 radical (unpaired) electrons. The first-order valence-corrected chi connectivity index (χ1v) is 18.7. The fourth-order valence-corrected chi connectivity index (χ4v) is 5.24. The van der Waals surface area contributed by atoms with Crippen LogP contribution in [-0.4, -0.2) is 38.3 Å². The van der Waals surface area contributed by atoms with Crippen LogP contribution in [0.3, 0.4) is 0 Å². The molecule has 43 heavy (non-hydrogen) atoms. The summed E-state index contributed by atoms with van der Waals surface area (Å²) in [4.78, 5) is 2.23. The van der Waals surface area contributed by atoms with E-state index in [2.05, 4.69) is 93.6 Å². The van der Waals surface area contributed by atoms with E-state index in [0.29, 0.717) is 6.10 Å². The maximum Gasteiger partial charge on any atom is 0.0596 e. The zero-order valence-electron chi connectivity index (χ0n) is 29.6.